The Balaban J connectivity index is 1.94. The van der Waals surface area contributed by atoms with E-state index in [1.807, 2.05) is 0 Å². The van der Waals surface area contributed by atoms with Gasteiger partial charge in [0, 0.05) is 10.9 Å². The average molecular weight is 313 g/mol. The molecule has 1 aliphatic rings. The predicted octanol–water partition coefficient (Wildman–Crippen LogP) is 4.14. The summed E-state index contributed by atoms with van der Waals surface area (Å²) in [4.78, 5) is 12.4. The highest BCUT2D eigenvalue weighted by Gasteiger charge is 2.25. The number of benzene rings is 1. The normalized spacial score (nSPS) is 23.6. The summed E-state index contributed by atoms with van der Waals surface area (Å²) in [7, 11) is 0. The van der Waals surface area contributed by atoms with E-state index in [0.717, 1.165) is 49.2 Å². The molecule has 0 heterocycles. The molecule has 0 bridgehead atoms. The molecule has 0 aromatic heterocycles. The molecule has 1 saturated carbocycles. The van der Waals surface area contributed by atoms with Crippen LogP contribution in [0.4, 0.5) is 8.78 Å². The van der Waals surface area contributed by atoms with E-state index in [4.69, 9.17) is 0 Å². The van der Waals surface area contributed by atoms with Gasteiger partial charge < -0.3 is 5.32 Å². The van der Waals surface area contributed by atoms with Crippen LogP contribution in [0.2, 0.25) is 0 Å². The van der Waals surface area contributed by atoms with Gasteiger partial charge in [-0.2, -0.15) is 0 Å². The quantitative estimate of drug-likeness (QED) is 0.846. The summed E-state index contributed by atoms with van der Waals surface area (Å²) in [5, 5.41) is 2.60. The molecule has 1 aromatic carbocycles. The van der Waals surface area contributed by atoms with Crippen LogP contribution < -0.4 is 5.32 Å². The van der Waals surface area contributed by atoms with E-state index in [1.165, 1.54) is 6.42 Å². The molecule has 116 valence electrons. The van der Waals surface area contributed by atoms with Crippen LogP contribution in [0.5, 0.6) is 0 Å². The number of halogens is 2. The number of hydrogen-bond acceptors (Lipinski definition) is 2. The molecule has 2 nitrogen and oxygen atoms in total. The molecule has 0 saturated heterocycles. The van der Waals surface area contributed by atoms with Crippen LogP contribution in [0.1, 0.15) is 39.5 Å². The van der Waals surface area contributed by atoms with Gasteiger partial charge in [0.15, 0.2) is 0 Å². The van der Waals surface area contributed by atoms with Crippen LogP contribution in [-0.4, -0.2) is 17.2 Å². The van der Waals surface area contributed by atoms with Crippen LogP contribution in [0, 0.1) is 17.6 Å². The molecule has 1 aliphatic carbocycles. The van der Waals surface area contributed by atoms with E-state index < -0.39 is 16.9 Å². The Morgan fingerprint density at radius 1 is 1.33 bits per heavy atom. The van der Waals surface area contributed by atoms with Gasteiger partial charge in [0.2, 0.25) is 5.91 Å². The lowest BCUT2D eigenvalue weighted by Crippen LogP contribution is -2.44. The van der Waals surface area contributed by atoms with Crippen LogP contribution in [0.15, 0.2) is 23.1 Å². The van der Waals surface area contributed by atoms with E-state index in [2.05, 4.69) is 12.2 Å². The summed E-state index contributed by atoms with van der Waals surface area (Å²) in [6.07, 6.45) is 4.48. The van der Waals surface area contributed by atoms with Crippen molar-refractivity contribution in [2.75, 3.05) is 0 Å². The minimum absolute atomic E-state index is 0.109. The molecule has 21 heavy (non-hydrogen) atoms. The van der Waals surface area contributed by atoms with Crippen molar-refractivity contribution >= 4 is 17.7 Å². The van der Waals surface area contributed by atoms with Gasteiger partial charge in [0.25, 0.3) is 0 Å². The third-order valence-electron chi connectivity index (χ3n) is 4.01. The summed E-state index contributed by atoms with van der Waals surface area (Å²) < 4.78 is 26.7. The topological polar surface area (TPSA) is 29.1 Å². The fourth-order valence-corrected chi connectivity index (χ4v) is 3.56. The van der Waals surface area contributed by atoms with Crippen molar-refractivity contribution in [2.24, 2.45) is 5.92 Å². The van der Waals surface area contributed by atoms with E-state index in [9.17, 15) is 13.6 Å². The van der Waals surface area contributed by atoms with Crippen molar-refractivity contribution in [1.82, 2.24) is 5.32 Å². The van der Waals surface area contributed by atoms with Crippen LogP contribution in [-0.2, 0) is 4.79 Å². The standard InChI is InChI=1S/C16H21F2NOS/c1-10-5-3-4-6-14(10)19-16(20)11(2)21-15-9-12(17)7-8-13(15)18/h7-11,14H,3-6H2,1-2H3,(H,19,20)/t10-,11-,14+/m1/s1. The number of rotatable bonds is 4. The lowest BCUT2D eigenvalue weighted by Gasteiger charge is -2.30. The Morgan fingerprint density at radius 2 is 2.05 bits per heavy atom. The first-order valence-electron chi connectivity index (χ1n) is 7.39. The Labute approximate surface area is 128 Å². The minimum Gasteiger partial charge on any atom is -0.352 e. The average Bonchev–Trinajstić information content (AvgIpc) is 2.45. The Morgan fingerprint density at radius 3 is 2.76 bits per heavy atom. The van der Waals surface area contributed by atoms with Crippen molar-refractivity contribution < 1.29 is 13.6 Å². The molecule has 2 rings (SSSR count). The summed E-state index contributed by atoms with van der Waals surface area (Å²) in [6, 6.07) is 3.50. The lowest BCUT2D eigenvalue weighted by atomic mass is 9.86. The molecule has 0 radical (unpaired) electrons. The molecule has 0 aliphatic heterocycles. The maximum Gasteiger partial charge on any atom is 0.233 e. The fourth-order valence-electron chi connectivity index (χ4n) is 2.64. The van der Waals surface area contributed by atoms with E-state index >= 15 is 0 Å². The van der Waals surface area contributed by atoms with Gasteiger partial charge in [-0.3, -0.25) is 4.79 Å². The number of thioether (sulfide) groups is 1. The Bertz CT molecular complexity index is 509. The zero-order valence-corrected chi connectivity index (χ0v) is 13.2. The first kappa shape index (κ1) is 16.3. The summed E-state index contributed by atoms with van der Waals surface area (Å²) in [6.45, 7) is 3.87. The maximum atomic E-state index is 13.6. The molecule has 1 fully saturated rings. The van der Waals surface area contributed by atoms with Gasteiger partial charge >= 0.3 is 0 Å². The molecule has 5 heteroatoms. The highest BCUT2D eigenvalue weighted by molar-refractivity contribution is 8.00. The predicted molar refractivity (Wildman–Crippen MR) is 81.2 cm³/mol. The van der Waals surface area contributed by atoms with Gasteiger partial charge in [-0.05, 0) is 43.9 Å². The lowest BCUT2D eigenvalue weighted by molar-refractivity contribution is -0.121. The van der Waals surface area contributed by atoms with Gasteiger partial charge in [-0.15, -0.1) is 11.8 Å². The van der Waals surface area contributed by atoms with Gasteiger partial charge in [-0.1, -0.05) is 19.8 Å². The molecule has 0 spiro atoms. The van der Waals surface area contributed by atoms with E-state index in [-0.39, 0.29) is 16.8 Å². The molecular weight excluding hydrogens is 292 g/mol. The summed E-state index contributed by atoms with van der Waals surface area (Å²) in [5.74, 6) is -0.618. The summed E-state index contributed by atoms with van der Waals surface area (Å²) in [5.41, 5.74) is 0. The molecular formula is C16H21F2NOS. The van der Waals surface area contributed by atoms with Gasteiger partial charge in [-0.25, -0.2) is 8.78 Å². The Hall–Kier alpha value is -1.10. The monoisotopic (exact) mass is 313 g/mol. The number of hydrogen-bond donors (Lipinski definition) is 1. The van der Waals surface area contributed by atoms with Crippen molar-refractivity contribution in [3.05, 3.63) is 29.8 Å². The number of nitrogens with one attached hydrogen (secondary N) is 1. The second-order valence-corrected chi connectivity index (χ2v) is 7.09. The van der Waals surface area contributed by atoms with Crippen LogP contribution in [0.3, 0.4) is 0 Å². The van der Waals surface area contributed by atoms with Crippen molar-refractivity contribution in [2.45, 2.75) is 55.7 Å². The van der Waals surface area contributed by atoms with E-state index in [1.54, 1.807) is 6.92 Å². The third-order valence-corrected chi connectivity index (χ3v) is 5.14. The largest absolute Gasteiger partial charge is 0.352 e. The van der Waals surface area contributed by atoms with Crippen LogP contribution >= 0.6 is 11.8 Å². The van der Waals surface area contributed by atoms with E-state index in [0.29, 0.717) is 5.92 Å². The third kappa shape index (κ3) is 4.43. The zero-order chi connectivity index (χ0) is 15.4. The van der Waals surface area contributed by atoms with Crippen molar-refractivity contribution in [3.8, 4) is 0 Å². The van der Waals surface area contributed by atoms with Gasteiger partial charge in [0.05, 0.1) is 5.25 Å². The van der Waals surface area contributed by atoms with Crippen molar-refractivity contribution in [3.63, 3.8) is 0 Å². The minimum atomic E-state index is -0.493. The number of carbonyl (C=O) groups excluding carboxylic acids is 1. The molecule has 1 amide bonds. The highest BCUT2D eigenvalue weighted by atomic mass is 32.2. The molecule has 0 unspecified atom stereocenters. The zero-order valence-electron chi connectivity index (χ0n) is 12.4. The maximum absolute atomic E-state index is 13.6. The SMILES string of the molecule is C[C@@H]1CCCC[C@@H]1NC(=O)[C@@H](C)Sc1cc(F)ccc1F. The second kappa shape index (κ2) is 7.25. The van der Waals surface area contributed by atoms with Crippen LogP contribution in [0.25, 0.3) is 0 Å². The van der Waals surface area contributed by atoms with Gasteiger partial charge in [0.1, 0.15) is 11.6 Å². The first-order chi connectivity index (χ1) is 9.97. The second-order valence-electron chi connectivity index (χ2n) is 5.71. The number of amides is 1. The molecule has 3 atom stereocenters. The fraction of sp³-hybridized carbons (Fsp3) is 0.562. The first-order valence-corrected chi connectivity index (χ1v) is 8.27. The molecule has 1 N–H and O–H groups in total. The summed E-state index contributed by atoms with van der Waals surface area (Å²) >= 11 is 1.06. The highest BCUT2D eigenvalue weighted by Crippen LogP contribution is 2.28. The molecule has 1 aromatic rings. The smallest absolute Gasteiger partial charge is 0.233 e. The van der Waals surface area contributed by atoms with Crippen molar-refractivity contribution in [1.29, 1.82) is 0 Å². The number of carbonyl (C=O) groups is 1. The Kier molecular flexibility index (Phi) is 5.62.